The molecule has 0 atom stereocenters. The lowest BCUT2D eigenvalue weighted by Crippen LogP contribution is -2.00. The molecule has 22 heavy (non-hydrogen) atoms. The van der Waals surface area contributed by atoms with Crippen LogP contribution in [0.5, 0.6) is 0 Å². The molecule has 1 aromatic heterocycles. The summed E-state index contributed by atoms with van der Waals surface area (Å²) in [6.45, 7) is 1.79. The Morgan fingerprint density at radius 3 is 2.32 bits per heavy atom. The third kappa shape index (κ3) is 2.46. The number of rotatable bonds is 2. The molecule has 112 valence electrons. The molecule has 0 amide bonds. The van der Waals surface area contributed by atoms with Crippen molar-refractivity contribution in [1.29, 1.82) is 0 Å². The number of hydrogen-bond donors (Lipinski definition) is 0. The molecule has 0 radical (unpaired) electrons. The molecule has 0 N–H and O–H groups in total. The maximum absolute atomic E-state index is 13.8. The van der Waals surface area contributed by atoms with Gasteiger partial charge in [0, 0.05) is 5.02 Å². The second-order valence-electron chi connectivity index (χ2n) is 4.60. The van der Waals surface area contributed by atoms with Crippen LogP contribution < -0.4 is 0 Å². The van der Waals surface area contributed by atoms with Crippen molar-refractivity contribution >= 4 is 23.2 Å². The number of aromatic nitrogens is 3. The maximum Gasteiger partial charge on any atom is 0.226 e. The van der Waals surface area contributed by atoms with Gasteiger partial charge in [0.05, 0.1) is 11.3 Å². The van der Waals surface area contributed by atoms with Crippen LogP contribution in [0.4, 0.5) is 8.78 Å². The van der Waals surface area contributed by atoms with Crippen LogP contribution in [0.3, 0.4) is 0 Å². The minimum absolute atomic E-state index is 0.0111. The van der Waals surface area contributed by atoms with Gasteiger partial charge in [-0.3, -0.25) is 0 Å². The van der Waals surface area contributed by atoms with E-state index in [1.807, 2.05) is 0 Å². The lowest BCUT2D eigenvalue weighted by molar-refractivity contribution is 0.587. The highest BCUT2D eigenvalue weighted by atomic mass is 35.5. The first-order chi connectivity index (χ1) is 10.5. The van der Waals surface area contributed by atoms with Gasteiger partial charge in [0.15, 0.2) is 5.82 Å². The second kappa shape index (κ2) is 5.66. The van der Waals surface area contributed by atoms with Crippen molar-refractivity contribution in [3.63, 3.8) is 0 Å². The lowest BCUT2D eigenvalue weighted by atomic mass is 10.2. The molecule has 2 aromatic carbocycles. The van der Waals surface area contributed by atoms with Gasteiger partial charge in [0.1, 0.15) is 11.6 Å². The largest absolute Gasteiger partial charge is 0.226 e. The van der Waals surface area contributed by atoms with E-state index in [0.29, 0.717) is 10.7 Å². The third-order valence-electron chi connectivity index (χ3n) is 3.22. The van der Waals surface area contributed by atoms with Gasteiger partial charge in [0.25, 0.3) is 0 Å². The van der Waals surface area contributed by atoms with Crippen molar-refractivity contribution in [2.24, 2.45) is 0 Å². The standard InChI is InChI=1S/C15H9Cl2F2N3/c1-8-9(16)4-2-7-12(8)22-15(17)20-14(21-22)13-10(18)5-3-6-11(13)19/h2-7H,1H3. The van der Waals surface area contributed by atoms with E-state index in [-0.39, 0.29) is 16.7 Å². The Balaban J connectivity index is 2.18. The molecular formula is C15H9Cl2F2N3. The average molecular weight is 340 g/mol. The van der Waals surface area contributed by atoms with Gasteiger partial charge in [0.2, 0.25) is 5.28 Å². The lowest BCUT2D eigenvalue weighted by Gasteiger charge is -2.07. The quantitative estimate of drug-likeness (QED) is 0.669. The number of nitrogens with zero attached hydrogens (tertiary/aromatic N) is 3. The van der Waals surface area contributed by atoms with Crippen LogP contribution in [0.2, 0.25) is 10.3 Å². The summed E-state index contributed by atoms with van der Waals surface area (Å²) in [5, 5.41) is 4.63. The molecule has 0 spiro atoms. The minimum atomic E-state index is -0.753. The van der Waals surface area contributed by atoms with Crippen LogP contribution in [-0.4, -0.2) is 14.8 Å². The van der Waals surface area contributed by atoms with Crippen LogP contribution >= 0.6 is 23.2 Å². The second-order valence-corrected chi connectivity index (χ2v) is 5.34. The molecule has 0 fully saturated rings. The summed E-state index contributed by atoms with van der Waals surface area (Å²) in [5.41, 5.74) is 1.01. The highest BCUT2D eigenvalue weighted by Gasteiger charge is 2.19. The average Bonchev–Trinajstić information content (AvgIpc) is 2.83. The van der Waals surface area contributed by atoms with E-state index in [1.54, 1.807) is 25.1 Å². The smallest absolute Gasteiger partial charge is 0.206 e. The van der Waals surface area contributed by atoms with E-state index in [2.05, 4.69) is 10.1 Å². The molecule has 0 bridgehead atoms. The van der Waals surface area contributed by atoms with Crippen molar-refractivity contribution < 1.29 is 8.78 Å². The zero-order valence-corrected chi connectivity index (χ0v) is 12.8. The van der Waals surface area contributed by atoms with Crippen molar-refractivity contribution in [2.45, 2.75) is 6.92 Å². The van der Waals surface area contributed by atoms with Crippen molar-refractivity contribution in [3.8, 4) is 17.1 Å². The Morgan fingerprint density at radius 1 is 1.00 bits per heavy atom. The Kier molecular flexibility index (Phi) is 3.85. The van der Waals surface area contributed by atoms with E-state index in [9.17, 15) is 8.78 Å². The van der Waals surface area contributed by atoms with Crippen LogP contribution in [0, 0.1) is 18.6 Å². The maximum atomic E-state index is 13.8. The predicted molar refractivity (Wildman–Crippen MR) is 81.5 cm³/mol. The number of hydrogen-bond acceptors (Lipinski definition) is 2. The SMILES string of the molecule is Cc1c(Cl)cccc1-n1nc(-c2c(F)cccc2F)nc1Cl. The first-order valence-electron chi connectivity index (χ1n) is 6.31. The molecule has 0 unspecified atom stereocenters. The summed E-state index contributed by atoms with van der Waals surface area (Å²) in [6.07, 6.45) is 0. The third-order valence-corrected chi connectivity index (χ3v) is 3.88. The fourth-order valence-corrected chi connectivity index (χ4v) is 2.47. The summed E-state index contributed by atoms with van der Waals surface area (Å²) in [6, 6.07) is 8.74. The van der Waals surface area contributed by atoms with E-state index < -0.39 is 11.6 Å². The summed E-state index contributed by atoms with van der Waals surface area (Å²) in [4.78, 5) is 3.94. The Bertz CT molecular complexity index is 842. The van der Waals surface area contributed by atoms with Gasteiger partial charge in [-0.1, -0.05) is 23.7 Å². The topological polar surface area (TPSA) is 30.7 Å². The van der Waals surface area contributed by atoms with Gasteiger partial charge in [-0.25, -0.2) is 13.5 Å². The molecule has 0 aliphatic rings. The molecule has 3 rings (SSSR count). The molecular weight excluding hydrogens is 331 g/mol. The monoisotopic (exact) mass is 339 g/mol. The molecule has 1 heterocycles. The first kappa shape index (κ1) is 14.9. The number of benzene rings is 2. The highest BCUT2D eigenvalue weighted by Crippen LogP contribution is 2.28. The highest BCUT2D eigenvalue weighted by molar-refractivity contribution is 6.31. The van der Waals surface area contributed by atoms with Crippen molar-refractivity contribution in [1.82, 2.24) is 14.8 Å². The minimum Gasteiger partial charge on any atom is -0.206 e. The summed E-state index contributed by atoms with van der Waals surface area (Å²) in [7, 11) is 0. The summed E-state index contributed by atoms with van der Waals surface area (Å²) < 4.78 is 29.0. The molecule has 0 aliphatic carbocycles. The number of halogens is 4. The summed E-state index contributed by atoms with van der Waals surface area (Å²) >= 11 is 12.1. The molecule has 0 aliphatic heterocycles. The van der Waals surface area contributed by atoms with E-state index >= 15 is 0 Å². The van der Waals surface area contributed by atoms with Crippen LogP contribution in [0.1, 0.15) is 5.56 Å². The van der Waals surface area contributed by atoms with E-state index in [0.717, 1.165) is 17.7 Å². The predicted octanol–water partition coefficient (Wildman–Crippen LogP) is 4.83. The van der Waals surface area contributed by atoms with Gasteiger partial charge < -0.3 is 0 Å². The molecule has 3 aromatic rings. The Morgan fingerprint density at radius 2 is 1.64 bits per heavy atom. The molecule has 0 saturated carbocycles. The fraction of sp³-hybridized carbons (Fsp3) is 0.0667. The Hall–Kier alpha value is -1.98. The van der Waals surface area contributed by atoms with Crippen LogP contribution in [0.15, 0.2) is 36.4 Å². The van der Waals surface area contributed by atoms with Crippen molar-refractivity contribution in [2.75, 3.05) is 0 Å². The Labute approximate surface area is 135 Å². The van der Waals surface area contributed by atoms with Crippen LogP contribution in [-0.2, 0) is 0 Å². The van der Waals surface area contributed by atoms with Gasteiger partial charge in [-0.15, -0.1) is 5.10 Å². The van der Waals surface area contributed by atoms with Gasteiger partial charge in [-0.2, -0.15) is 4.98 Å². The normalized spacial score (nSPS) is 11.0. The molecule has 3 nitrogen and oxygen atoms in total. The molecule has 0 saturated heterocycles. The zero-order chi connectivity index (χ0) is 15.9. The van der Waals surface area contributed by atoms with Crippen LogP contribution in [0.25, 0.3) is 17.1 Å². The van der Waals surface area contributed by atoms with Gasteiger partial charge >= 0.3 is 0 Å². The van der Waals surface area contributed by atoms with Gasteiger partial charge in [-0.05, 0) is 48.4 Å². The fourth-order valence-electron chi connectivity index (χ4n) is 2.09. The zero-order valence-electron chi connectivity index (χ0n) is 11.3. The van der Waals surface area contributed by atoms with Crippen molar-refractivity contribution in [3.05, 3.63) is 63.9 Å². The van der Waals surface area contributed by atoms with E-state index in [1.165, 1.54) is 10.7 Å². The molecule has 7 heteroatoms. The van der Waals surface area contributed by atoms with E-state index in [4.69, 9.17) is 23.2 Å². The summed E-state index contributed by atoms with van der Waals surface area (Å²) in [5.74, 6) is -1.63. The first-order valence-corrected chi connectivity index (χ1v) is 7.07.